The van der Waals surface area contributed by atoms with Crippen LogP contribution in [0.25, 0.3) is 0 Å². The summed E-state index contributed by atoms with van der Waals surface area (Å²) in [4.78, 5) is 38.3. The van der Waals surface area contributed by atoms with Gasteiger partial charge in [-0.05, 0) is 70.6 Å². The number of ether oxygens (including phenoxy) is 3. The third kappa shape index (κ3) is 60.5. The molecule has 0 saturated heterocycles. The first-order valence-corrected chi connectivity index (χ1v) is 33.0. The maximum absolute atomic E-state index is 12.9. The monoisotopic (exact) mass is 1040 g/mol. The topological polar surface area (TPSA) is 78.9 Å². The van der Waals surface area contributed by atoms with Crippen LogP contribution in [-0.2, 0) is 28.6 Å². The van der Waals surface area contributed by atoms with Crippen molar-refractivity contribution in [3.8, 4) is 0 Å². The minimum absolute atomic E-state index is 0.0718. The van der Waals surface area contributed by atoms with E-state index in [4.69, 9.17) is 14.2 Å². The van der Waals surface area contributed by atoms with Gasteiger partial charge in [-0.25, -0.2) is 0 Å². The highest BCUT2D eigenvalue weighted by Gasteiger charge is 2.19. The first-order chi connectivity index (χ1) is 36.5. The van der Waals surface area contributed by atoms with Crippen molar-refractivity contribution in [1.29, 1.82) is 0 Å². The van der Waals surface area contributed by atoms with Gasteiger partial charge in [-0.3, -0.25) is 14.4 Å². The van der Waals surface area contributed by atoms with Crippen molar-refractivity contribution in [1.82, 2.24) is 0 Å². The molecule has 0 N–H and O–H groups in total. The van der Waals surface area contributed by atoms with Crippen molar-refractivity contribution < 1.29 is 28.6 Å². The van der Waals surface area contributed by atoms with Crippen molar-refractivity contribution in [2.45, 2.75) is 367 Å². The molecule has 6 heteroatoms. The van der Waals surface area contributed by atoms with Gasteiger partial charge in [0.25, 0.3) is 0 Å². The maximum Gasteiger partial charge on any atom is 0.306 e. The van der Waals surface area contributed by atoms with Gasteiger partial charge in [0.1, 0.15) is 13.2 Å². The Kier molecular flexibility index (Phi) is 61.1. The number of carbonyl (C=O) groups is 3. The largest absolute Gasteiger partial charge is 0.462 e. The Hall–Kier alpha value is -2.37. The summed E-state index contributed by atoms with van der Waals surface area (Å²) in [5, 5.41) is 0. The molecule has 434 valence electrons. The molecule has 0 heterocycles. The van der Waals surface area contributed by atoms with E-state index in [1.54, 1.807) is 0 Å². The molecule has 0 fully saturated rings. The standard InChI is InChI=1S/C68H126O6/c1-4-7-10-13-16-19-22-25-27-29-30-31-32-33-34-35-36-37-38-39-41-43-46-49-52-55-58-61-67(70)73-64-65(63-72-66(69)60-57-54-51-48-45-42-24-21-18-15-12-9-6-3)74-68(71)62-59-56-53-50-47-44-40-28-26-23-20-17-14-11-8-5-2/h12,15,21,24,29-30,65H,4-11,13-14,16-20,22-23,25-28,31-64H2,1-3H3/b15-12-,24-21-,30-29-. The number of unbranched alkanes of at least 4 members (excludes halogenated alkanes) is 44. The van der Waals surface area contributed by atoms with Gasteiger partial charge in [0.05, 0.1) is 0 Å². The van der Waals surface area contributed by atoms with E-state index in [0.717, 1.165) is 83.5 Å². The van der Waals surface area contributed by atoms with Crippen LogP contribution >= 0.6 is 0 Å². The van der Waals surface area contributed by atoms with Crippen LogP contribution in [0.15, 0.2) is 36.5 Å². The van der Waals surface area contributed by atoms with Crippen molar-refractivity contribution in [2.75, 3.05) is 13.2 Å². The van der Waals surface area contributed by atoms with Gasteiger partial charge >= 0.3 is 17.9 Å². The van der Waals surface area contributed by atoms with Gasteiger partial charge < -0.3 is 14.2 Å². The lowest BCUT2D eigenvalue weighted by molar-refractivity contribution is -0.167. The Labute approximate surface area is 461 Å². The zero-order valence-corrected chi connectivity index (χ0v) is 49.9. The number of hydrogen-bond acceptors (Lipinski definition) is 6. The van der Waals surface area contributed by atoms with E-state index in [2.05, 4.69) is 57.2 Å². The van der Waals surface area contributed by atoms with E-state index in [0.29, 0.717) is 19.3 Å². The number of hydrogen-bond donors (Lipinski definition) is 0. The van der Waals surface area contributed by atoms with Crippen LogP contribution in [0.5, 0.6) is 0 Å². The van der Waals surface area contributed by atoms with Crippen LogP contribution in [0.3, 0.4) is 0 Å². The molecule has 0 amide bonds. The summed E-state index contributed by atoms with van der Waals surface area (Å²) >= 11 is 0. The lowest BCUT2D eigenvalue weighted by atomic mass is 10.0. The van der Waals surface area contributed by atoms with Gasteiger partial charge in [-0.2, -0.15) is 0 Å². The van der Waals surface area contributed by atoms with Crippen LogP contribution in [0.2, 0.25) is 0 Å². The first kappa shape index (κ1) is 71.6. The Morgan fingerprint density at radius 3 is 0.811 bits per heavy atom. The van der Waals surface area contributed by atoms with Crippen LogP contribution < -0.4 is 0 Å². The van der Waals surface area contributed by atoms with Crippen molar-refractivity contribution in [3.05, 3.63) is 36.5 Å². The van der Waals surface area contributed by atoms with Gasteiger partial charge in [0.15, 0.2) is 6.10 Å². The summed E-state index contributed by atoms with van der Waals surface area (Å²) in [5.74, 6) is -0.862. The highest BCUT2D eigenvalue weighted by atomic mass is 16.6. The molecular weight excluding hydrogens is 913 g/mol. The summed E-state index contributed by atoms with van der Waals surface area (Å²) in [5.41, 5.74) is 0. The molecule has 0 aliphatic heterocycles. The van der Waals surface area contributed by atoms with Gasteiger partial charge in [-0.15, -0.1) is 0 Å². The molecule has 0 radical (unpaired) electrons. The molecule has 74 heavy (non-hydrogen) atoms. The predicted octanol–water partition coefficient (Wildman–Crippen LogP) is 22.4. The molecule has 0 aliphatic carbocycles. The van der Waals surface area contributed by atoms with E-state index in [-0.39, 0.29) is 31.1 Å². The summed E-state index contributed by atoms with van der Waals surface area (Å²) < 4.78 is 16.9. The fourth-order valence-electron chi connectivity index (χ4n) is 9.89. The van der Waals surface area contributed by atoms with E-state index in [1.165, 1.54) is 238 Å². The Morgan fingerprint density at radius 2 is 0.514 bits per heavy atom. The zero-order valence-electron chi connectivity index (χ0n) is 49.9. The Morgan fingerprint density at radius 1 is 0.270 bits per heavy atom. The average Bonchev–Trinajstić information content (AvgIpc) is 3.40. The minimum Gasteiger partial charge on any atom is -0.462 e. The molecule has 1 unspecified atom stereocenters. The number of carbonyl (C=O) groups excluding carboxylic acids is 3. The molecule has 1 atom stereocenters. The van der Waals surface area contributed by atoms with E-state index in [1.807, 2.05) is 0 Å². The highest BCUT2D eigenvalue weighted by molar-refractivity contribution is 5.71. The van der Waals surface area contributed by atoms with Crippen LogP contribution in [0.4, 0.5) is 0 Å². The van der Waals surface area contributed by atoms with E-state index < -0.39 is 6.10 Å². The summed E-state index contributed by atoms with van der Waals surface area (Å²) in [6, 6.07) is 0. The van der Waals surface area contributed by atoms with Crippen molar-refractivity contribution >= 4 is 17.9 Å². The third-order valence-corrected chi connectivity index (χ3v) is 14.8. The fraction of sp³-hybridized carbons (Fsp3) is 0.868. The molecule has 0 bridgehead atoms. The van der Waals surface area contributed by atoms with Crippen LogP contribution in [-0.4, -0.2) is 37.2 Å². The van der Waals surface area contributed by atoms with Crippen molar-refractivity contribution in [3.63, 3.8) is 0 Å². The molecule has 0 saturated carbocycles. The Bertz CT molecular complexity index is 1240. The smallest absolute Gasteiger partial charge is 0.306 e. The lowest BCUT2D eigenvalue weighted by Crippen LogP contribution is -2.30. The van der Waals surface area contributed by atoms with Gasteiger partial charge in [0, 0.05) is 19.3 Å². The average molecular weight is 1040 g/mol. The first-order valence-electron chi connectivity index (χ1n) is 33.0. The highest BCUT2D eigenvalue weighted by Crippen LogP contribution is 2.18. The maximum atomic E-state index is 12.9. The lowest BCUT2D eigenvalue weighted by Gasteiger charge is -2.18. The van der Waals surface area contributed by atoms with Crippen molar-refractivity contribution in [2.24, 2.45) is 0 Å². The number of rotatable bonds is 61. The molecule has 0 aliphatic rings. The fourth-order valence-corrected chi connectivity index (χ4v) is 9.89. The molecule has 6 nitrogen and oxygen atoms in total. The normalized spacial score (nSPS) is 12.2. The van der Waals surface area contributed by atoms with E-state index in [9.17, 15) is 14.4 Å². The van der Waals surface area contributed by atoms with Crippen LogP contribution in [0.1, 0.15) is 361 Å². The minimum atomic E-state index is -0.775. The molecule has 0 rings (SSSR count). The SMILES string of the molecule is CCC/C=C\C/C=C\CCCCCCCC(=O)OCC(COC(=O)CCCCCCCCCCCCCCCCC/C=C\CCCCCCCCCC)OC(=O)CCCCCCCCCCCCCCCCCC. The van der Waals surface area contributed by atoms with E-state index >= 15 is 0 Å². The molecular formula is C68H126O6. The number of esters is 3. The van der Waals surface area contributed by atoms with Gasteiger partial charge in [0.2, 0.25) is 0 Å². The summed E-state index contributed by atoms with van der Waals surface area (Å²) in [6.07, 6.45) is 77.4. The second-order valence-corrected chi connectivity index (χ2v) is 22.4. The third-order valence-electron chi connectivity index (χ3n) is 14.8. The quantitative estimate of drug-likeness (QED) is 0.0261. The van der Waals surface area contributed by atoms with Crippen LogP contribution in [0, 0.1) is 0 Å². The zero-order chi connectivity index (χ0) is 53.6. The number of allylic oxidation sites excluding steroid dienone is 6. The second-order valence-electron chi connectivity index (χ2n) is 22.4. The Balaban J connectivity index is 4.19. The molecule has 0 spiro atoms. The van der Waals surface area contributed by atoms with Gasteiger partial charge in [-0.1, -0.05) is 308 Å². The molecule has 0 aromatic carbocycles. The second kappa shape index (κ2) is 63.2. The summed E-state index contributed by atoms with van der Waals surface area (Å²) in [7, 11) is 0. The molecule has 0 aromatic rings. The summed E-state index contributed by atoms with van der Waals surface area (Å²) in [6.45, 7) is 6.62. The predicted molar refractivity (Wildman–Crippen MR) is 321 cm³/mol. The molecule has 0 aromatic heterocycles.